The first-order valence-corrected chi connectivity index (χ1v) is 4.61. The van der Waals surface area contributed by atoms with Crippen molar-refractivity contribution in [2.24, 2.45) is 5.41 Å². The molecule has 0 aromatic heterocycles. The van der Waals surface area contributed by atoms with Gasteiger partial charge >= 0.3 is 0 Å². The minimum atomic E-state index is 0.305. The van der Waals surface area contributed by atoms with E-state index in [4.69, 9.17) is 11.6 Å². The van der Waals surface area contributed by atoms with Crippen LogP contribution < -0.4 is 0 Å². The van der Waals surface area contributed by atoms with Gasteiger partial charge in [-0.05, 0) is 24.7 Å². The Morgan fingerprint density at radius 2 is 2.55 bits per heavy atom. The lowest BCUT2D eigenvalue weighted by Crippen LogP contribution is -2.17. The summed E-state index contributed by atoms with van der Waals surface area (Å²) in [6.07, 6.45) is 7.80. The number of halogens is 1. The van der Waals surface area contributed by atoms with Gasteiger partial charge in [0.05, 0.1) is 0 Å². The molecular weight excluding hydrogens is 156 g/mol. The van der Waals surface area contributed by atoms with Crippen molar-refractivity contribution in [3.63, 3.8) is 0 Å². The third-order valence-electron chi connectivity index (χ3n) is 2.44. The number of hydrogen-bond donors (Lipinski definition) is 0. The number of hydrogen-bond acceptors (Lipinski definition) is 0. The van der Waals surface area contributed by atoms with Gasteiger partial charge in [-0.1, -0.05) is 24.6 Å². The fourth-order valence-electron chi connectivity index (χ4n) is 1.56. The molecule has 0 saturated heterocycles. The first-order chi connectivity index (χ1) is 5.20. The highest BCUT2D eigenvalue weighted by Crippen LogP contribution is 2.36. The van der Waals surface area contributed by atoms with Crippen LogP contribution in [0.15, 0.2) is 24.3 Å². The third-order valence-corrected chi connectivity index (χ3v) is 2.79. The molecule has 0 bridgehead atoms. The molecule has 0 spiro atoms. The van der Waals surface area contributed by atoms with E-state index >= 15 is 0 Å². The molecule has 0 amide bonds. The molecule has 0 radical (unpaired) electrons. The van der Waals surface area contributed by atoms with Gasteiger partial charge in [0.1, 0.15) is 0 Å². The average molecular weight is 171 g/mol. The SMILES string of the molecule is C=CC1(C)CCC=C(CCl)C1. The summed E-state index contributed by atoms with van der Waals surface area (Å²) in [6.45, 7) is 6.10. The Labute approximate surface area is 73.9 Å². The minimum absolute atomic E-state index is 0.305. The summed E-state index contributed by atoms with van der Waals surface area (Å²) in [5, 5.41) is 0. The van der Waals surface area contributed by atoms with Crippen molar-refractivity contribution < 1.29 is 0 Å². The predicted octanol–water partition coefficient (Wildman–Crippen LogP) is 3.53. The summed E-state index contributed by atoms with van der Waals surface area (Å²) in [6, 6.07) is 0. The van der Waals surface area contributed by atoms with E-state index in [0.29, 0.717) is 11.3 Å². The highest BCUT2D eigenvalue weighted by atomic mass is 35.5. The molecule has 1 unspecified atom stereocenters. The van der Waals surface area contributed by atoms with E-state index in [9.17, 15) is 0 Å². The van der Waals surface area contributed by atoms with Crippen molar-refractivity contribution in [1.82, 2.24) is 0 Å². The smallest absolute Gasteiger partial charge is 0.0433 e. The summed E-state index contributed by atoms with van der Waals surface area (Å²) in [5.41, 5.74) is 1.68. The van der Waals surface area contributed by atoms with Crippen molar-refractivity contribution in [3.05, 3.63) is 24.3 Å². The summed E-state index contributed by atoms with van der Waals surface area (Å²) in [5.74, 6) is 0.684. The minimum Gasteiger partial charge on any atom is -0.122 e. The van der Waals surface area contributed by atoms with E-state index in [1.807, 2.05) is 0 Å². The van der Waals surface area contributed by atoms with E-state index in [-0.39, 0.29) is 0 Å². The molecule has 0 nitrogen and oxygen atoms in total. The Morgan fingerprint density at radius 1 is 1.82 bits per heavy atom. The van der Waals surface area contributed by atoms with Gasteiger partial charge in [0.25, 0.3) is 0 Å². The number of rotatable bonds is 2. The van der Waals surface area contributed by atoms with Crippen LogP contribution in [-0.4, -0.2) is 5.88 Å². The summed E-state index contributed by atoms with van der Waals surface area (Å²) in [4.78, 5) is 0. The molecule has 11 heavy (non-hydrogen) atoms. The van der Waals surface area contributed by atoms with Crippen LogP contribution in [0.3, 0.4) is 0 Å². The van der Waals surface area contributed by atoms with Gasteiger partial charge in [0.2, 0.25) is 0 Å². The molecule has 1 rings (SSSR count). The van der Waals surface area contributed by atoms with Crippen LogP contribution in [0.5, 0.6) is 0 Å². The van der Waals surface area contributed by atoms with Crippen molar-refractivity contribution in [3.8, 4) is 0 Å². The van der Waals surface area contributed by atoms with Gasteiger partial charge in [-0.25, -0.2) is 0 Å². The van der Waals surface area contributed by atoms with E-state index in [1.54, 1.807) is 0 Å². The fourth-order valence-corrected chi connectivity index (χ4v) is 1.76. The highest BCUT2D eigenvalue weighted by Gasteiger charge is 2.23. The molecule has 62 valence electrons. The Balaban J connectivity index is 2.66. The van der Waals surface area contributed by atoms with Gasteiger partial charge in [0, 0.05) is 5.88 Å². The van der Waals surface area contributed by atoms with E-state index < -0.39 is 0 Å². The summed E-state index contributed by atoms with van der Waals surface area (Å²) in [7, 11) is 0. The number of allylic oxidation sites excluding steroid dienone is 3. The lowest BCUT2D eigenvalue weighted by Gasteiger charge is -2.29. The van der Waals surface area contributed by atoms with Gasteiger partial charge in [-0.2, -0.15) is 0 Å². The van der Waals surface area contributed by atoms with Crippen LogP contribution in [0.1, 0.15) is 26.2 Å². The molecule has 0 aliphatic heterocycles. The van der Waals surface area contributed by atoms with E-state index in [0.717, 1.165) is 12.8 Å². The van der Waals surface area contributed by atoms with Gasteiger partial charge < -0.3 is 0 Å². The summed E-state index contributed by atoms with van der Waals surface area (Å²) < 4.78 is 0. The maximum atomic E-state index is 5.76. The zero-order valence-electron chi connectivity index (χ0n) is 7.07. The van der Waals surface area contributed by atoms with Crippen LogP contribution in [0.4, 0.5) is 0 Å². The van der Waals surface area contributed by atoms with E-state index in [2.05, 4.69) is 25.7 Å². The Kier molecular flexibility index (Phi) is 2.78. The Morgan fingerprint density at radius 3 is 3.09 bits per heavy atom. The molecule has 0 aromatic rings. The zero-order chi connectivity index (χ0) is 8.32. The molecule has 1 heteroatoms. The second kappa shape index (κ2) is 3.44. The molecular formula is C10H15Cl. The second-order valence-corrected chi connectivity index (χ2v) is 3.84. The van der Waals surface area contributed by atoms with E-state index in [1.165, 1.54) is 12.0 Å². The topological polar surface area (TPSA) is 0 Å². The highest BCUT2D eigenvalue weighted by molar-refractivity contribution is 6.19. The molecule has 0 aromatic carbocycles. The molecule has 0 N–H and O–H groups in total. The first kappa shape index (κ1) is 8.86. The fraction of sp³-hybridized carbons (Fsp3) is 0.600. The lowest BCUT2D eigenvalue weighted by molar-refractivity contribution is 0.376. The Hall–Kier alpha value is -0.230. The zero-order valence-corrected chi connectivity index (χ0v) is 7.82. The van der Waals surface area contributed by atoms with Crippen LogP contribution in [0, 0.1) is 5.41 Å². The van der Waals surface area contributed by atoms with Gasteiger partial charge in [-0.3, -0.25) is 0 Å². The average Bonchev–Trinajstić information content (AvgIpc) is 2.05. The lowest BCUT2D eigenvalue weighted by atomic mass is 9.76. The maximum absolute atomic E-state index is 5.76. The number of alkyl halides is 1. The maximum Gasteiger partial charge on any atom is 0.0433 e. The molecule has 0 heterocycles. The molecule has 1 atom stereocenters. The molecule has 0 fully saturated rings. The monoisotopic (exact) mass is 170 g/mol. The summed E-state index contributed by atoms with van der Waals surface area (Å²) >= 11 is 5.76. The molecule has 0 saturated carbocycles. The van der Waals surface area contributed by atoms with Crippen LogP contribution in [0.25, 0.3) is 0 Å². The van der Waals surface area contributed by atoms with Crippen LogP contribution in [-0.2, 0) is 0 Å². The quantitative estimate of drug-likeness (QED) is 0.440. The van der Waals surface area contributed by atoms with Gasteiger partial charge in [-0.15, -0.1) is 18.2 Å². The second-order valence-electron chi connectivity index (χ2n) is 3.57. The first-order valence-electron chi connectivity index (χ1n) is 4.08. The van der Waals surface area contributed by atoms with Crippen molar-refractivity contribution in [2.75, 3.05) is 5.88 Å². The molecule has 1 aliphatic carbocycles. The largest absolute Gasteiger partial charge is 0.122 e. The normalized spacial score (nSPS) is 31.3. The Bertz CT molecular complexity index is 181. The van der Waals surface area contributed by atoms with Crippen molar-refractivity contribution in [2.45, 2.75) is 26.2 Å². The van der Waals surface area contributed by atoms with Crippen molar-refractivity contribution in [1.29, 1.82) is 0 Å². The van der Waals surface area contributed by atoms with Crippen LogP contribution >= 0.6 is 11.6 Å². The standard InChI is InChI=1S/C10H15Cl/c1-3-10(2)6-4-5-9(7-10)8-11/h3,5H,1,4,6-8H2,2H3. The van der Waals surface area contributed by atoms with Gasteiger partial charge in [0.15, 0.2) is 0 Å². The third kappa shape index (κ3) is 2.10. The van der Waals surface area contributed by atoms with Crippen molar-refractivity contribution >= 4 is 11.6 Å². The van der Waals surface area contributed by atoms with Crippen LogP contribution in [0.2, 0.25) is 0 Å². The molecule has 1 aliphatic rings. The predicted molar refractivity (Wildman–Crippen MR) is 51.0 cm³/mol.